The van der Waals surface area contributed by atoms with Crippen molar-refractivity contribution >= 4 is 34.2 Å². The van der Waals surface area contributed by atoms with Gasteiger partial charge in [0.1, 0.15) is 11.6 Å². The molecule has 0 bridgehead atoms. The first-order valence-electron chi connectivity index (χ1n) is 10.7. The maximum atomic E-state index is 12.5. The Morgan fingerprint density at radius 1 is 1.07 bits per heavy atom. The van der Waals surface area contributed by atoms with Gasteiger partial charge in [0.25, 0.3) is 0 Å². The average Bonchev–Trinajstić information content (AvgIpc) is 3.65. The first-order chi connectivity index (χ1) is 14.7. The monoisotopic (exact) mass is 420 g/mol. The summed E-state index contributed by atoms with van der Waals surface area (Å²) in [5.41, 5.74) is 2.01. The lowest BCUT2D eigenvalue weighted by molar-refractivity contribution is -0.121. The molecule has 2 fully saturated rings. The molecular weight excluding hydrogens is 396 g/mol. The maximum Gasteiger partial charge on any atom is 0.222 e. The number of benzene rings is 2. The molecule has 2 saturated carbocycles. The van der Waals surface area contributed by atoms with Crippen molar-refractivity contribution in [3.05, 3.63) is 64.9 Å². The van der Waals surface area contributed by atoms with Gasteiger partial charge in [0.15, 0.2) is 0 Å². The number of nitrogens with one attached hydrogen (secondary N) is 1. The molecule has 1 aromatic heterocycles. The van der Waals surface area contributed by atoms with Crippen molar-refractivity contribution in [3.63, 3.8) is 0 Å². The molecule has 0 spiro atoms. The second-order valence-corrected chi connectivity index (χ2v) is 8.71. The van der Waals surface area contributed by atoms with Crippen molar-refractivity contribution in [3.8, 4) is 0 Å². The van der Waals surface area contributed by atoms with E-state index in [4.69, 9.17) is 21.6 Å². The number of hydrogen-bond acceptors (Lipinski definition) is 4. The van der Waals surface area contributed by atoms with E-state index < -0.39 is 0 Å². The molecule has 0 saturated heterocycles. The lowest BCUT2D eigenvalue weighted by atomic mass is 10.2. The molecular formula is C24H25ClN4O. The third-order valence-electron chi connectivity index (χ3n) is 5.77. The predicted molar refractivity (Wildman–Crippen MR) is 120 cm³/mol. The fraction of sp³-hybridized carbons (Fsp3) is 0.375. The molecule has 2 aliphatic carbocycles. The van der Waals surface area contributed by atoms with Crippen LogP contribution in [0.5, 0.6) is 0 Å². The molecule has 30 heavy (non-hydrogen) atoms. The van der Waals surface area contributed by atoms with Crippen LogP contribution in [0.15, 0.2) is 48.5 Å². The van der Waals surface area contributed by atoms with Gasteiger partial charge in [0.2, 0.25) is 5.91 Å². The molecule has 3 aromatic rings. The Bertz CT molecular complexity index is 1060. The molecule has 5 rings (SSSR count). The van der Waals surface area contributed by atoms with Crippen LogP contribution in [0.2, 0.25) is 5.02 Å². The van der Waals surface area contributed by atoms with E-state index in [1.165, 1.54) is 0 Å². The van der Waals surface area contributed by atoms with Crippen LogP contribution < -0.4 is 10.2 Å². The van der Waals surface area contributed by atoms with Gasteiger partial charge >= 0.3 is 0 Å². The van der Waals surface area contributed by atoms with Gasteiger partial charge < -0.3 is 10.2 Å². The van der Waals surface area contributed by atoms with Crippen molar-refractivity contribution in [2.75, 3.05) is 11.4 Å². The summed E-state index contributed by atoms with van der Waals surface area (Å²) >= 11 is 6.23. The molecule has 2 aromatic carbocycles. The van der Waals surface area contributed by atoms with Crippen molar-refractivity contribution in [1.82, 2.24) is 15.3 Å². The Hall–Kier alpha value is -2.66. The van der Waals surface area contributed by atoms with Gasteiger partial charge in [0, 0.05) is 41.9 Å². The third-order valence-corrected chi connectivity index (χ3v) is 6.01. The molecule has 6 heteroatoms. The lowest BCUT2D eigenvalue weighted by Crippen LogP contribution is -2.33. The Labute approximate surface area is 181 Å². The number of carbonyl (C=O) groups is 1. The smallest absolute Gasteiger partial charge is 0.222 e. The molecule has 1 N–H and O–H groups in total. The van der Waals surface area contributed by atoms with E-state index in [1.54, 1.807) is 0 Å². The summed E-state index contributed by atoms with van der Waals surface area (Å²) < 4.78 is 0. The fourth-order valence-corrected chi connectivity index (χ4v) is 3.97. The zero-order chi connectivity index (χ0) is 20.5. The second kappa shape index (κ2) is 8.23. The van der Waals surface area contributed by atoms with Crippen molar-refractivity contribution in [2.24, 2.45) is 0 Å². The number of carbonyl (C=O) groups excluding carboxylic acids is 1. The van der Waals surface area contributed by atoms with E-state index >= 15 is 0 Å². The van der Waals surface area contributed by atoms with Crippen molar-refractivity contribution in [1.29, 1.82) is 0 Å². The topological polar surface area (TPSA) is 58.1 Å². The van der Waals surface area contributed by atoms with Crippen LogP contribution >= 0.6 is 11.6 Å². The number of halogens is 1. The van der Waals surface area contributed by atoms with E-state index in [2.05, 4.69) is 10.2 Å². The van der Waals surface area contributed by atoms with Gasteiger partial charge in [0.05, 0.1) is 5.52 Å². The third kappa shape index (κ3) is 4.41. The molecule has 1 amide bonds. The quantitative estimate of drug-likeness (QED) is 0.566. The molecule has 0 unspecified atom stereocenters. The van der Waals surface area contributed by atoms with Crippen LogP contribution in [0.3, 0.4) is 0 Å². The Morgan fingerprint density at radius 3 is 2.60 bits per heavy atom. The average molecular weight is 421 g/mol. The molecule has 0 radical (unpaired) electrons. The van der Waals surface area contributed by atoms with Crippen molar-refractivity contribution in [2.45, 2.75) is 50.6 Å². The molecule has 0 atom stereocenters. The first-order valence-corrected chi connectivity index (χ1v) is 11.1. The zero-order valence-corrected chi connectivity index (χ0v) is 17.6. The van der Waals surface area contributed by atoms with E-state index in [0.717, 1.165) is 53.8 Å². The summed E-state index contributed by atoms with van der Waals surface area (Å²) in [5.74, 6) is 2.39. The van der Waals surface area contributed by atoms with Crippen molar-refractivity contribution < 1.29 is 4.79 Å². The summed E-state index contributed by atoms with van der Waals surface area (Å²) in [6.07, 6.45) is 5.03. The van der Waals surface area contributed by atoms with Gasteiger partial charge in [-0.25, -0.2) is 9.97 Å². The van der Waals surface area contributed by atoms with Gasteiger partial charge in [-0.1, -0.05) is 41.9 Å². The summed E-state index contributed by atoms with van der Waals surface area (Å²) in [4.78, 5) is 24.6. The largest absolute Gasteiger partial charge is 0.352 e. The number of fused-ring (bicyclic) bond motifs is 1. The van der Waals surface area contributed by atoms with Gasteiger partial charge in [-0.2, -0.15) is 0 Å². The summed E-state index contributed by atoms with van der Waals surface area (Å²) in [6.45, 7) is 1.22. The molecule has 5 nitrogen and oxygen atoms in total. The lowest BCUT2D eigenvalue weighted by Gasteiger charge is -2.25. The number of nitrogens with zero attached hydrogens (tertiary/aromatic N) is 3. The molecule has 1 heterocycles. The number of anilines is 1. The van der Waals surface area contributed by atoms with E-state index in [9.17, 15) is 4.79 Å². The van der Waals surface area contributed by atoms with Gasteiger partial charge in [-0.3, -0.25) is 4.79 Å². The van der Waals surface area contributed by atoms with Crippen LogP contribution in [0.4, 0.5) is 5.82 Å². The number of aromatic nitrogens is 2. The predicted octanol–water partition coefficient (Wildman–Crippen LogP) is 4.84. The van der Waals surface area contributed by atoms with Crippen LogP contribution in [0.25, 0.3) is 10.9 Å². The molecule has 2 aliphatic rings. The van der Waals surface area contributed by atoms with Crippen LogP contribution in [0, 0.1) is 0 Å². The highest BCUT2D eigenvalue weighted by atomic mass is 35.5. The highest BCUT2D eigenvalue weighted by molar-refractivity contribution is 6.31. The normalized spacial score (nSPS) is 15.9. The zero-order valence-electron chi connectivity index (χ0n) is 16.9. The van der Waals surface area contributed by atoms with Crippen LogP contribution in [-0.2, 0) is 11.3 Å². The number of rotatable bonds is 8. The minimum Gasteiger partial charge on any atom is -0.352 e. The van der Waals surface area contributed by atoms with E-state index in [1.807, 2.05) is 48.5 Å². The van der Waals surface area contributed by atoms with Crippen LogP contribution in [-0.4, -0.2) is 28.5 Å². The maximum absolute atomic E-state index is 12.5. The minimum absolute atomic E-state index is 0.0633. The Morgan fingerprint density at radius 2 is 1.87 bits per heavy atom. The van der Waals surface area contributed by atoms with E-state index in [-0.39, 0.29) is 5.91 Å². The van der Waals surface area contributed by atoms with E-state index in [0.29, 0.717) is 36.5 Å². The number of hydrogen-bond donors (Lipinski definition) is 1. The minimum atomic E-state index is 0.0633. The summed E-state index contributed by atoms with van der Waals surface area (Å²) in [6, 6.07) is 16.3. The fourth-order valence-electron chi connectivity index (χ4n) is 3.80. The van der Waals surface area contributed by atoms with Gasteiger partial charge in [-0.05, 0) is 49.4 Å². The number of amides is 1. The highest BCUT2D eigenvalue weighted by Crippen LogP contribution is 2.41. The standard InChI is InChI=1S/C24H25ClN4O/c25-18-8-11-20-21(14-18)27-23(17-6-7-17)28-24(20)29(19-9-10-19)13-12-22(30)26-15-16-4-2-1-3-5-16/h1-5,8,11,14,17,19H,6-7,9-10,12-13,15H2,(H,26,30). The Kier molecular flexibility index (Phi) is 5.30. The molecule has 154 valence electrons. The molecule has 0 aliphatic heterocycles. The first kappa shape index (κ1) is 19.3. The second-order valence-electron chi connectivity index (χ2n) is 8.28. The van der Waals surface area contributed by atoms with Gasteiger partial charge in [-0.15, -0.1) is 0 Å². The summed E-state index contributed by atoms with van der Waals surface area (Å²) in [5, 5.41) is 4.73. The Balaban J connectivity index is 1.34. The highest BCUT2D eigenvalue weighted by Gasteiger charge is 2.33. The summed E-state index contributed by atoms with van der Waals surface area (Å²) in [7, 11) is 0. The van der Waals surface area contributed by atoms with Crippen LogP contribution in [0.1, 0.15) is 49.4 Å². The SMILES string of the molecule is O=C(CCN(c1nc(C2CC2)nc2cc(Cl)ccc12)C1CC1)NCc1ccccc1.